The highest BCUT2D eigenvalue weighted by Gasteiger charge is 2.40. The van der Waals surface area contributed by atoms with Crippen molar-refractivity contribution in [3.63, 3.8) is 0 Å². The first-order chi connectivity index (χ1) is 13.9. The van der Waals surface area contributed by atoms with Crippen molar-refractivity contribution >= 4 is 5.97 Å². The van der Waals surface area contributed by atoms with Crippen molar-refractivity contribution in [1.82, 2.24) is 0 Å². The van der Waals surface area contributed by atoms with Gasteiger partial charge in [-0.1, -0.05) is 45.0 Å². The molecule has 1 N–H and O–H groups in total. The van der Waals surface area contributed by atoms with Crippen molar-refractivity contribution in [2.24, 2.45) is 11.3 Å². The second-order valence-corrected chi connectivity index (χ2v) is 9.44. The molecule has 0 saturated heterocycles. The van der Waals surface area contributed by atoms with E-state index >= 15 is 0 Å². The Morgan fingerprint density at radius 2 is 1.70 bits per heavy atom. The average molecular weight is 421 g/mol. The lowest BCUT2D eigenvalue weighted by Crippen LogP contribution is -2.47. The van der Waals surface area contributed by atoms with Crippen molar-refractivity contribution < 1.29 is 24.1 Å². The molecule has 0 saturated carbocycles. The van der Waals surface area contributed by atoms with Crippen LogP contribution in [-0.4, -0.2) is 42.1 Å². The van der Waals surface area contributed by atoms with Gasteiger partial charge in [0.25, 0.3) is 0 Å². The number of unbranched alkanes of at least 4 members (excludes halogenated alkanes) is 1. The molecule has 5 heteroatoms. The molecule has 0 amide bonds. The zero-order valence-corrected chi connectivity index (χ0v) is 19.6. The summed E-state index contributed by atoms with van der Waals surface area (Å²) in [5.41, 5.74) is -1.29. The minimum atomic E-state index is -0.794. The molecule has 0 aliphatic heterocycles. The first kappa shape index (κ1) is 26.2. The zero-order valence-electron chi connectivity index (χ0n) is 19.6. The first-order valence-corrected chi connectivity index (χ1v) is 10.7. The van der Waals surface area contributed by atoms with Crippen LogP contribution in [0.15, 0.2) is 43.0 Å². The lowest BCUT2D eigenvalue weighted by atomic mass is 9.73. The van der Waals surface area contributed by atoms with E-state index in [4.69, 9.17) is 19.3 Å². The summed E-state index contributed by atoms with van der Waals surface area (Å²) in [6.45, 7) is 16.7. The van der Waals surface area contributed by atoms with Gasteiger partial charge in [-0.15, -0.1) is 0 Å². The lowest BCUT2D eigenvalue weighted by Gasteiger charge is -2.44. The fourth-order valence-electron chi connectivity index (χ4n) is 3.03. The van der Waals surface area contributed by atoms with Crippen molar-refractivity contribution in [1.29, 1.82) is 0 Å². The van der Waals surface area contributed by atoms with Gasteiger partial charge in [0, 0.05) is 12.7 Å². The predicted molar refractivity (Wildman–Crippen MR) is 121 cm³/mol. The Hall–Kier alpha value is -1.85. The van der Waals surface area contributed by atoms with Gasteiger partial charge in [-0.25, -0.2) is 4.79 Å². The summed E-state index contributed by atoms with van der Waals surface area (Å²) in [6.07, 6.45) is 3.85. The highest BCUT2D eigenvalue weighted by molar-refractivity contribution is 5.81. The fourth-order valence-corrected chi connectivity index (χ4v) is 3.03. The van der Waals surface area contributed by atoms with Crippen LogP contribution >= 0.6 is 0 Å². The van der Waals surface area contributed by atoms with Gasteiger partial charge < -0.3 is 19.3 Å². The van der Waals surface area contributed by atoms with Gasteiger partial charge in [-0.2, -0.15) is 0 Å². The summed E-state index contributed by atoms with van der Waals surface area (Å²) in [5, 5.41) is 9.08. The lowest BCUT2D eigenvalue weighted by molar-refractivity contribution is -0.169. The summed E-state index contributed by atoms with van der Waals surface area (Å²) in [5.74, 6) is 0.111. The SMILES string of the molecule is C=CC(=O)OC(C)(C)C(COc1ccccc1)COC(C)(C)C(C)(C)CCCCO. The van der Waals surface area contributed by atoms with Gasteiger partial charge in [-0.05, 0) is 58.1 Å². The van der Waals surface area contributed by atoms with E-state index in [2.05, 4.69) is 34.3 Å². The molecule has 0 radical (unpaired) electrons. The molecule has 0 bridgehead atoms. The number of hydrogen-bond donors (Lipinski definition) is 1. The topological polar surface area (TPSA) is 65.0 Å². The normalized spacial score (nSPS) is 13.6. The number of rotatable bonds is 14. The molecule has 30 heavy (non-hydrogen) atoms. The molecule has 1 atom stereocenters. The van der Waals surface area contributed by atoms with Gasteiger partial charge in [0.2, 0.25) is 0 Å². The number of aliphatic hydroxyl groups excluding tert-OH is 1. The molecule has 1 unspecified atom stereocenters. The van der Waals surface area contributed by atoms with Gasteiger partial charge in [-0.3, -0.25) is 0 Å². The number of benzene rings is 1. The Kier molecular flexibility index (Phi) is 10.1. The Morgan fingerprint density at radius 3 is 2.27 bits per heavy atom. The number of hydrogen-bond acceptors (Lipinski definition) is 5. The van der Waals surface area contributed by atoms with E-state index in [1.807, 2.05) is 44.2 Å². The number of carbonyl (C=O) groups excluding carboxylic acids is 1. The molecule has 0 fully saturated rings. The molecule has 1 aromatic carbocycles. The van der Waals surface area contributed by atoms with Crippen LogP contribution in [0.1, 0.15) is 60.8 Å². The molecule has 170 valence electrons. The van der Waals surface area contributed by atoms with Crippen LogP contribution in [0.5, 0.6) is 5.75 Å². The Bertz CT molecular complexity index is 649. The van der Waals surface area contributed by atoms with Crippen LogP contribution in [0.3, 0.4) is 0 Å². The van der Waals surface area contributed by atoms with Gasteiger partial charge >= 0.3 is 5.97 Å². The summed E-state index contributed by atoms with van der Waals surface area (Å²) >= 11 is 0. The summed E-state index contributed by atoms with van der Waals surface area (Å²) in [4.78, 5) is 11.9. The van der Waals surface area contributed by atoms with Crippen LogP contribution in [0.4, 0.5) is 0 Å². The van der Waals surface area contributed by atoms with E-state index in [-0.39, 0.29) is 17.9 Å². The summed E-state index contributed by atoms with van der Waals surface area (Å²) < 4.78 is 18.0. The summed E-state index contributed by atoms with van der Waals surface area (Å²) in [6, 6.07) is 9.57. The molecule has 0 spiro atoms. The second-order valence-electron chi connectivity index (χ2n) is 9.44. The maximum atomic E-state index is 11.9. The number of para-hydroxylation sites is 1. The molecule has 0 aliphatic carbocycles. The monoisotopic (exact) mass is 420 g/mol. The third-order valence-electron chi connectivity index (χ3n) is 6.19. The molecule has 0 aliphatic rings. The van der Waals surface area contributed by atoms with Gasteiger partial charge in [0.15, 0.2) is 0 Å². The van der Waals surface area contributed by atoms with Crippen molar-refractivity contribution in [3.05, 3.63) is 43.0 Å². The number of ether oxygens (including phenoxy) is 3. The van der Waals surface area contributed by atoms with Crippen LogP contribution < -0.4 is 4.74 Å². The molecule has 0 aromatic heterocycles. The van der Waals surface area contributed by atoms with Crippen LogP contribution in [0.25, 0.3) is 0 Å². The maximum Gasteiger partial charge on any atom is 0.330 e. The number of carbonyl (C=O) groups is 1. The van der Waals surface area contributed by atoms with Gasteiger partial charge in [0.1, 0.15) is 11.4 Å². The molecule has 0 heterocycles. The Morgan fingerprint density at radius 1 is 1.07 bits per heavy atom. The molecule has 5 nitrogen and oxygen atoms in total. The number of aliphatic hydroxyl groups is 1. The maximum absolute atomic E-state index is 11.9. The van der Waals surface area contributed by atoms with Crippen molar-refractivity contribution in [3.8, 4) is 5.75 Å². The van der Waals surface area contributed by atoms with Gasteiger partial charge in [0.05, 0.1) is 24.7 Å². The smallest absolute Gasteiger partial charge is 0.330 e. The van der Waals surface area contributed by atoms with E-state index in [0.29, 0.717) is 13.2 Å². The highest BCUT2D eigenvalue weighted by Crippen LogP contribution is 2.39. The van der Waals surface area contributed by atoms with Crippen LogP contribution in [0, 0.1) is 11.3 Å². The Labute approximate surface area is 182 Å². The predicted octanol–water partition coefficient (Wildman–Crippen LogP) is 5.17. The fraction of sp³-hybridized carbons (Fsp3) is 0.640. The minimum absolute atomic E-state index is 0.0884. The highest BCUT2D eigenvalue weighted by atomic mass is 16.6. The first-order valence-electron chi connectivity index (χ1n) is 10.7. The standard InChI is InChI=1S/C25H40O5/c1-8-22(27)30-24(4,5)20(18-28-21-14-10-9-11-15-21)19-29-25(6,7)23(2,3)16-12-13-17-26/h8-11,14-15,20,26H,1,12-13,16-19H2,2-7H3. The van der Waals surface area contributed by atoms with Crippen molar-refractivity contribution in [2.45, 2.75) is 72.0 Å². The van der Waals surface area contributed by atoms with E-state index in [1.165, 1.54) is 6.08 Å². The minimum Gasteiger partial charge on any atom is -0.493 e. The molecule has 1 aromatic rings. The largest absolute Gasteiger partial charge is 0.493 e. The quantitative estimate of drug-likeness (QED) is 0.255. The van der Waals surface area contributed by atoms with E-state index in [1.54, 1.807) is 0 Å². The van der Waals surface area contributed by atoms with E-state index < -0.39 is 17.2 Å². The number of esters is 1. The van der Waals surface area contributed by atoms with Crippen molar-refractivity contribution in [2.75, 3.05) is 19.8 Å². The molecule has 1 rings (SSSR count). The summed E-state index contributed by atoms with van der Waals surface area (Å²) in [7, 11) is 0. The van der Waals surface area contributed by atoms with Crippen LogP contribution in [-0.2, 0) is 14.3 Å². The second kappa shape index (κ2) is 11.5. The third-order valence-corrected chi connectivity index (χ3v) is 6.19. The van der Waals surface area contributed by atoms with E-state index in [9.17, 15) is 4.79 Å². The average Bonchev–Trinajstić information content (AvgIpc) is 2.68. The zero-order chi connectivity index (χ0) is 22.8. The van der Waals surface area contributed by atoms with Crippen LogP contribution in [0.2, 0.25) is 0 Å². The third kappa shape index (κ3) is 8.11. The van der Waals surface area contributed by atoms with E-state index in [0.717, 1.165) is 25.0 Å². The Balaban J connectivity index is 2.89. The molecular formula is C25H40O5. The molecular weight excluding hydrogens is 380 g/mol.